The Kier molecular flexibility index (Phi) is 6.15. The first-order valence-corrected chi connectivity index (χ1v) is 11.4. The van der Waals surface area contributed by atoms with Crippen LogP contribution in [0.25, 0.3) is 11.1 Å². The number of carbonyl (C=O) groups is 1. The minimum atomic E-state index is -0.140. The molecule has 0 spiro atoms. The topological polar surface area (TPSA) is 60.5 Å². The number of rotatable bonds is 6. The van der Waals surface area contributed by atoms with E-state index in [4.69, 9.17) is 18.9 Å². The number of nitrogens with zero attached hydrogens (tertiary/aromatic N) is 2. The molecular formula is C25H30N2O5. The summed E-state index contributed by atoms with van der Waals surface area (Å²) in [5.74, 6) is 1.20. The number of ketones is 1. The Hall–Kier alpha value is -2.45. The third kappa shape index (κ3) is 4.01. The fraction of sp³-hybridized carbons (Fsp3) is 0.480. The van der Waals surface area contributed by atoms with Crippen molar-refractivity contribution in [3.8, 4) is 22.6 Å². The van der Waals surface area contributed by atoms with Gasteiger partial charge >= 0.3 is 0 Å². The third-order valence-corrected chi connectivity index (χ3v) is 6.51. The fourth-order valence-electron chi connectivity index (χ4n) is 4.70. The van der Waals surface area contributed by atoms with E-state index in [2.05, 4.69) is 9.80 Å². The number of benzene rings is 2. The van der Waals surface area contributed by atoms with E-state index in [1.165, 1.54) is 0 Å². The predicted molar refractivity (Wildman–Crippen MR) is 120 cm³/mol. The van der Waals surface area contributed by atoms with Crippen molar-refractivity contribution in [1.82, 2.24) is 9.80 Å². The molecule has 2 saturated heterocycles. The summed E-state index contributed by atoms with van der Waals surface area (Å²) >= 11 is 0. The summed E-state index contributed by atoms with van der Waals surface area (Å²) in [4.78, 5) is 18.1. The molecule has 0 radical (unpaired) electrons. The first-order chi connectivity index (χ1) is 15.6. The Morgan fingerprint density at radius 3 is 1.53 bits per heavy atom. The molecule has 0 aromatic heterocycles. The third-order valence-electron chi connectivity index (χ3n) is 6.51. The van der Waals surface area contributed by atoms with E-state index in [-0.39, 0.29) is 18.2 Å². The van der Waals surface area contributed by atoms with Crippen molar-refractivity contribution in [2.75, 3.05) is 52.6 Å². The molecule has 2 atom stereocenters. The lowest BCUT2D eigenvalue weighted by molar-refractivity contribution is -0.0376. The summed E-state index contributed by atoms with van der Waals surface area (Å²) < 4.78 is 23.5. The predicted octanol–water partition coefficient (Wildman–Crippen LogP) is 3.01. The maximum absolute atomic E-state index is 13.6. The highest BCUT2D eigenvalue weighted by atomic mass is 16.5. The zero-order valence-electron chi connectivity index (χ0n) is 18.7. The lowest BCUT2D eigenvalue weighted by atomic mass is 10.1. The number of ether oxygens (including phenoxy) is 4. The summed E-state index contributed by atoms with van der Waals surface area (Å²) in [6, 6.07) is 11.6. The van der Waals surface area contributed by atoms with Crippen LogP contribution in [0.3, 0.4) is 0 Å². The van der Waals surface area contributed by atoms with Crippen LogP contribution in [0.4, 0.5) is 0 Å². The van der Waals surface area contributed by atoms with E-state index in [1.54, 1.807) is 0 Å². The van der Waals surface area contributed by atoms with Gasteiger partial charge < -0.3 is 18.9 Å². The summed E-state index contributed by atoms with van der Waals surface area (Å²) in [5.41, 5.74) is 3.05. The largest absolute Gasteiger partial charge is 0.475 e. The maximum Gasteiger partial charge on any atom is 0.201 e. The van der Waals surface area contributed by atoms with Gasteiger partial charge in [0.25, 0.3) is 0 Å². The van der Waals surface area contributed by atoms with Crippen molar-refractivity contribution in [2.45, 2.75) is 26.3 Å². The van der Waals surface area contributed by atoms with Gasteiger partial charge in [-0.1, -0.05) is 24.3 Å². The van der Waals surface area contributed by atoms with E-state index in [1.807, 2.05) is 50.2 Å². The van der Waals surface area contributed by atoms with Gasteiger partial charge in [0.05, 0.1) is 37.6 Å². The van der Waals surface area contributed by atoms with E-state index >= 15 is 0 Å². The number of carbonyl (C=O) groups excluding carboxylic acids is 1. The molecule has 32 heavy (non-hydrogen) atoms. The molecule has 2 aromatic rings. The number of fused-ring (bicyclic) bond motifs is 3. The SMILES string of the molecule is CC(Oc1cccc2c1C(=O)c1c(OC(C)N3CCOCC3)cccc1-2)N1CCOCC1. The minimum Gasteiger partial charge on any atom is -0.475 e. The number of hydrogen-bond acceptors (Lipinski definition) is 7. The summed E-state index contributed by atoms with van der Waals surface area (Å²) in [7, 11) is 0. The van der Waals surface area contributed by atoms with Crippen LogP contribution in [0.2, 0.25) is 0 Å². The molecule has 2 heterocycles. The van der Waals surface area contributed by atoms with Crippen LogP contribution < -0.4 is 9.47 Å². The first kappa shape index (κ1) is 21.4. The molecule has 2 unspecified atom stereocenters. The second-order valence-corrected chi connectivity index (χ2v) is 8.42. The molecule has 0 saturated carbocycles. The second-order valence-electron chi connectivity index (χ2n) is 8.42. The second kappa shape index (κ2) is 9.19. The Bertz CT molecular complexity index is 905. The molecule has 0 bridgehead atoms. The van der Waals surface area contributed by atoms with Crippen molar-refractivity contribution in [1.29, 1.82) is 0 Å². The summed E-state index contributed by atoms with van der Waals surface area (Å²) in [6.45, 7) is 10.1. The molecular weight excluding hydrogens is 408 g/mol. The molecule has 7 nitrogen and oxygen atoms in total. The molecule has 7 heteroatoms. The highest BCUT2D eigenvalue weighted by molar-refractivity contribution is 6.24. The van der Waals surface area contributed by atoms with Crippen molar-refractivity contribution in [3.05, 3.63) is 47.5 Å². The van der Waals surface area contributed by atoms with Crippen LogP contribution in [-0.4, -0.2) is 80.6 Å². The molecule has 170 valence electrons. The van der Waals surface area contributed by atoms with Gasteiger partial charge in [-0.25, -0.2) is 0 Å². The molecule has 0 amide bonds. The van der Waals surface area contributed by atoms with Gasteiger partial charge in [0.2, 0.25) is 5.78 Å². The van der Waals surface area contributed by atoms with E-state index in [0.29, 0.717) is 49.1 Å². The summed E-state index contributed by atoms with van der Waals surface area (Å²) in [5, 5.41) is 0. The first-order valence-electron chi connectivity index (χ1n) is 11.4. The van der Waals surface area contributed by atoms with Crippen LogP contribution in [0, 0.1) is 0 Å². The van der Waals surface area contributed by atoms with Crippen LogP contribution >= 0.6 is 0 Å². The molecule has 1 aliphatic carbocycles. The van der Waals surface area contributed by atoms with Crippen LogP contribution in [0.15, 0.2) is 36.4 Å². The van der Waals surface area contributed by atoms with E-state index in [9.17, 15) is 4.79 Å². The maximum atomic E-state index is 13.6. The van der Waals surface area contributed by atoms with Crippen molar-refractivity contribution < 1.29 is 23.7 Å². The van der Waals surface area contributed by atoms with E-state index < -0.39 is 0 Å². The number of morpholine rings is 2. The lowest BCUT2D eigenvalue weighted by Crippen LogP contribution is -2.45. The van der Waals surface area contributed by atoms with Crippen molar-refractivity contribution in [3.63, 3.8) is 0 Å². The van der Waals surface area contributed by atoms with Crippen LogP contribution in [0.5, 0.6) is 11.5 Å². The van der Waals surface area contributed by atoms with Gasteiger partial charge in [-0.3, -0.25) is 14.6 Å². The molecule has 2 aromatic carbocycles. The van der Waals surface area contributed by atoms with Crippen LogP contribution in [0.1, 0.15) is 29.8 Å². The Balaban J connectivity index is 1.40. The van der Waals surface area contributed by atoms with Gasteiger partial charge in [0, 0.05) is 26.2 Å². The van der Waals surface area contributed by atoms with Gasteiger partial charge in [-0.05, 0) is 37.1 Å². The molecule has 2 aliphatic heterocycles. The van der Waals surface area contributed by atoms with Gasteiger partial charge in [-0.15, -0.1) is 0 Å². The Morgan fingerprint density at radius 1 is 0.719 bits per heavy atom. The number of hydrogen-bond donors (Lipinski definition) is 0. The molecule has 3 aliphatic rings. The highest BCUT2D eigenvalue weighted by Gasteiger charge is 2.34. The van der Waals surface area contributed by atoms with Gasteiger partial charge in [0.1, 0.15) is 24.0 Å². The molecule has 2 fully saturated rings. The van der Waals surface area contributed by atoms with Crippen molar-refractivity contribution >= 4 is 5.78 Å². The monoisotopic (exact) mass is 438 g/mol. The van der Waals surface area contributed by atoms with Gasteiger partial charge in [-0.2, -0.15) is 0 Å². The molecule has 0 N–H and O–H groups in total. The van der Waals surface area contributed by atoms with Crippen LogP contribution in [-0.2, 0) is 9.47 Å². The highest BCUT2D eigenvalue weighted by Crippen LogP contribution is 2.45. The quantitative estimate of drug-likeness (QED) is 0.586. The minimum absolute atomic E-state index is 0.0374. The van der Waals surface area contributed by atoms with Crippen molar-refractivity contribution in [2.24, 2.45) is 0 Å². The lowest BCUT2D eigenvalue weighted by Gasteiger charge is -2.32. The zero-order chi connectivity index (χ0) is 22.1. The Labute approximate surface area is 188 Å². The smallest absolute Gasteiger partial charge is 0.201 e. The molecule has 5 rings (SSSR count). The zero-order valence-corrected chi connectivity index (χ0v) is 18.7. The fourth-order valence-corrected chi connectivity index (χ4v) is 4.70. The normalized spacial score (nSPS) is 21.0. The summed E-state index contributed by atoms with van der Waals surface area (Å²) in [6.07, 6.45) is -0.280. The van der Waals surface area contributed by atoms with E-state index in [0.717, 1.165) is 37.3 Å². The van der Waals surface area contributed by atoms with Gasteiger partial charge in [0.15, 0.2) is 0 Å². The Morgan fingerprint density at radius 2 is 1.12 bits per heavy atom. The average molecular weight is 439 g/mol. The standard InChI is InChI=1S/C25H30N2O5/c1-17(26-9-13-29-14-10-26)31-21-7-3-5-19-20-6-4-8-22(24(20)25(28)23(19)21)32-18(2)27-11-15-30-16-12-27/h3-8,17-18H,9-16H2,1-2H3. The average Bonchev–Trinajstić information content (AvgIpc) is 3.14.